The number of hydrogen-bond acceptors (Lipinski definition) is 9. The number of fused-ring (bicyclic) bond motifs is 4. The van der Waals surface area contributed by atoms with E-state index in [0.717, 1.165) is 58.0 Å². The van der Waals surface area contributed by atoms with Crippen LogP contribution in [-0.2, 0) is 28.5 Å². The Morgan fingerprint density at radius 2 is 1.78 bits per heavy atom. The average molecular weight is 715 g/mol. The molecule has 288 valence electrons. The first-order valence-corrected chi connectivity index (χ1v) is 20.4. The monoisotopic (exact) mass is 714 g/mol. The largest absolute Gasteiger partial charge is 0.457 e. The third-order valence-electron chi connectivity index (χ3n) is 17.2. The maximum absolute atomic E-state index is 12.7. The molecule has 0 bridgehead atoms. The van der Waals surface area contributed by atoms with Gasteiger partial charge in [0.25, 0.3) is 0 Å². The first-order valence-electron chi connectivity index (χ1n) is 20.4. The summed E-state index contributed by atoms with van der Waals surface area (Å²) in [5, 5.41) is 26.7. The van der Waals surface area contributed by atoms with Crippen molar-refractivity contribution in [3.63, 3.8) is 0 Å². The fourth-order valence-corrected chi connectivity index (χ4v) is 14.9. The standard InChI is InChI=1S/C41H66N2O8/c1-23-20-26(34(37(5,6)47)49-24(2)44)50-32-31(23)38(7)15-16-41-22-40(41)14-13-29(36(3,4)27(40)11-12-28(41)39(38,8)33(32)45)51-30-21-43(18-19-48-30)25-10-9-17-42-35(25)46/h23,25-34,45,47H,9-22H2,1-8H3,(H,42,46)/t23-,25?,26?,27+,28?,29?,30?,31?,32?,33+,34?,38?,39-,40?,41?/m1/s1. The van der Waals surface area contributed by atoms with Crippen LogP contribution in [0.5, 0.6) is 0 Å². The second-order valence-electron chi connectivity index (χ2n) is 20.1. The Bertz CT molecular complexity index is 1400. The molecule has 5 aliphatic carbocycles. The Kier molecular flexibility index (Phi) is 8.70. The lowest BCUT2D eigenvalue weighted by Gasteiger charge is -2.64. The summed E-state index contributed by atoms with van der Waals surface area (Å²) in [4.78, 5) is 27.1. The minimum Gasteiger partial charge on any atom is -0.457 e. The van der Waals surface area contributed by atoms with Crippen LogP contribution < -0.4 is 5.32 Å². The summed E-state index contributed by atoms with van der Waals surface area (Å²) in [6.07, 6.45) is 8.10. The molecule has 0 aromatic rings. The molecule has 8 aliphatic rings. The van der Waals surface area contributed by atoms with Crippen molar-refractivity contribution < 1.29 is 38.7 Å². The molecule has 10 nitrogen and oxygen atoms in total. The highest BCUT2D eigenvalue weighted by Crippen LogP contribution is 2.89. The van der Waals surface area contributed by atoms with Crippen LogP contribution in [0.15, 0.2) is 0 Å². The van der Waals surface area contributed by atoms with Crippen molar-refractivity contribution >= 4 is 11.9 Å². The van der Waals surface area contributed by atoms with Crippen LogP contribution >= 0.6 is 0 Å². The number of piperidine rings is 1. The number of ether oxygens (including phenoxy) is 4. The van der Waals surface area contributed by atoms with Gasteiger partial charge in [-0.05, 0) is 123 Å². The molecule has 5 saturated carbocycles. The number of esters is 1. The lowest BCUT2D eigenvalue weighted by molar-refractivity contribution is -0.251. The van der Waals surface area contributed by atoms with Crippen LogP contribution in [0.1, 0.15) is 120 Å². The van der Waals surface area contributed by atoms with Crippen molar-refractivity contribution in [1.29, 1.82) is 0 Å². The fourth-order valence-electron chi connectivity index (χ4n) is 14.9. The SMILES string of the molecule is CC(=O)OC(C1C[C@@H](C)C2C(O1)[C@H](O)[C@@]1(C)C3CC[C@H]4C(C)(C)C(OC5CN(C6CCCNC6=O)CCO5)CCC45CC35CCC21C)C(C)(C)O. The molecule has 11 unspecified atom stereocenters. The van der Waals surface area contributed by atoms with Crippen molar-refractivity contribution in [2.24, 2.45) is 50.7 Å². The lowest BCUT2D eigenvalue weighted by Crippen LogP contribution is -2.60. The number of aliphatic hydroxyl groups excluding tert-OH is 1. The van der Waals surface area contributed by atoms with E-state index >= 15 is 0 Å². The first-order chi connectivity index (χ1) is 23.9. The molecule has 51 heavy (non-hydrogen) atoms. The number of amides is 1. The Hall–Kier alpha value is -1.30. The highest BCUT2D eigenvalue weighted by molar-refractivity contribution is 5.82. The highest BCUT2D eigenvalue weighted by Gasteiger charge is 2.84. The van der Waals surface area contributed by atoms with E-state index < -0.39 is 29.9 Å². The van der Waals surface area contributed by atoms with E-state index in [0.29, 0.717) is 31.4 Å². The van der Waals surface area contributed by atoms with Gasteiger partial charge in [-0.15, -0.1) is 0 Å². The zero-order valence-corrected chi connectivity index (χ0v) is 32.5. The van der Waals surface area contributed by atoms with Gasteiger partial charge in [0, 0.05) is 25.4 Å². The van der Waals surface area contributed by atoms with E-state index in [2.05, 4.69) is 44.8 Å². The summed E-state index contributed by atoms with van der Waals surface area (Å²) in [7, 11) is 0. The van der Waals surface area contributed by atoms with Gasteiger partial charge >= 0.3 is 5.97 Å². The van der Waals surface area contributed by atoms with Gasteiger partial charge in [0.05, 0.1) is 49.2 Å². The molecule has 1 amide bonds. The molecule has 3 saturated heterocycles. The zero-order valence-electron chi connectivity index (χ0n) is 32.5. The Balaban J connectivity index is 1.01. The average Bonchev–Trinajstić information content (AvgIpc) is 3.69. The van der Waals surface area contributed by atoms with Crippen LogP contribution in [0.25, 0.3) is 0 Å². The van der Waals surface area contributed by atoms with Crippen molar-refractivity contribution in [1.82, 2.24) is 10.2 Å². The van der Waals surface area contributed by atoms with E-state index in [1.807, 2.05) is 0 Å². The Labute approximate surface area is 305 Å². The minimum atomic E-state index is -1.26. The van der Waals surface area contributed by atoms with E-state index in [1.54, 1.807) is 13.8 Å². The summed E-state index contributed by atoms with van der Waals surface area (Å²) in [5.41, 5.74) is -1.16. The molecule has 2 spiro atoms. The smallest absolute Gasteiger partial charge is 0.303 e. The third-order valence-corrected chi connectivity index (χ3v) is 17.2. The molecule has 8 rings (SSSR count). The number of hydrogen-bond donors (Lipinski definition) is 3. The van der Waals surface area contributed by atoms with Gasteiger partial charge in [-0.2, -0.15) is 0 Å². The van der Waals surface area contributed by atoms with Gasteiger partial charge < -0.3 is 34.5 Å². The molecular formula is C41H66N2O8. The number of nitrogens with one attached hydrogen (secondary N) is 1. The maximum atomic E-state index is 12.7. The van der Waals surface area contributed by atoms with E-state index in [9.17, 15) is 19.8 Å². The Morgan fingerprint density at radius 1 is 1.06 bits per heavy atom. The molecule has 15 atom stereocenters. The summed E-state index contributed by atoms with van der Waals surface area (Å²) in [6.45, 7) is 19.5. The van der Waals surface area contributed by atoms with Crippen molar-refractivity contribution in [3.05, 3.63) is 0 Å². The molecule has 0 aromatic carbocycles. The summed E-state index contributed by atoms with van der Waals surface area (Å²) >= 11 is 0. The van der Waals surface area contributed by atoms with E-state index in [-0.39, 0.29) is 69.4 Å². The van der Waals surface area contributed by atoms with Gasteiger partial charge in [-0.25, -0.2) is 0 Å². The summed E-state index contributed by atoms with van der Waals surface area (Å²) in [5.74, 6) is 1.14. The number of aliphatic hydroxyl groups is 2. The molecule has 8 fully saturated rings. The normalized spacial score (nSPS) is 51.1. The quantitative estimate of drug-likeness (QED) is 0.332. The number of morpholine rings is 1. The van der Waals surface area contributed by atoms with Crippen LogP contribution in [0, 0.1) is 50.7 Å². The molecule has 3 N–H and O–H groups in total. The Morgan fingerprint density at radius 3 is 2.49 bits per heavy atom. The first kappa shape index (κ1) is 36.7. The van der Waals surface area contributed by atoms with Crippen molar-refractivity contribution in [2.45, 2.75) is 168 Å². The van der Waals surface area contributed by atoms with Gasteiger partial charge in [0.2, 0.25) is 5.91 Å². The second-order valence-corrected chi connectivity index (χ2v) is 20.1. The van der Waals surface area contributed by atoms with E-state index in [4.69, 9.17) is 18.9 Å². The molecule has 0 radical (unpaired) electrons. The number of carbonyl (C=O) groups excluding carboxylic acids is 2. The molecule has 3 aliphatic heterocycles. The predicted octanol–water partition coefficient (Wildman–Crippen LogP) is 4.82. The lowest BCUT2D eigenvalue weighted by atomic mass is 9.41. The maximum Gasteiger partial charge on any atom is 0.303 e. The number of carbonyl (C=O) groups is 2. The topological polar surface area (TPSA) is 127 Å². The van der Waals surface area contributed by atoms with Gasteiger partial charge in [-0.3, -0.25) is 14.5 Å². The van der Waals surface area contributed by atoms with Gasteiger partial charge in [-0.1, -0.05) is 34.6 Å². The molecule has 0 aromatic heterocycles. The number of nitrogens with zero attached hydrogens (tertiary/aromatic N) is 1. The molecule has 3 heterocycles. The third kappa shape index (κ3) is 5.14. The van der Waals surface area contributed by atoms with E-state index in [1.165, 1.54) is 19.8 Å². The second kappa shape index (κ2) is 12.1. The molecular weight excluding hydrogens is 648 g/mol. The van der Waals surface area contributed by atoms with Crippen molar-refractivity contribution in [3.8, 4) is 0 Å². The van der Waals surface area contributed by atoms with Crippen LogP contribution in [0.3, 0.4) is 0 Å². The van der Waals surface area contributed by atoms with Crippen LogP contribution in [-0.4, -0.2) is 102 Å². The summed E-state index contributed by atoms with van der Waals surface area (Å²) in [6, 6.07) is -0.0813. The fraction of sp³-hybridized carbons (Fsp3) is 0.951. The van der Waals surface area contributed by atoms with Crippen LogP contribution in [0.4, 0.5) is 0 Å². The predicted molar refractivity (Wildman–Crippen MR) is 190 cm³/mol. The number of rotatable bonds is 6. The van der Waals surface area contributed by atoms with Gasteiger partial charge in [0.15, 0.2) is 12.4 Å². The van der Waals surface area contributed by atoms with Gasteiger partial charge in [0.1, 0.15) is 0 Å². The van der Waals surface area contributed by atoms with Crippen molar-refractivity contribution in [2.75, 3.05) is 26.2 Å². The highest BCUT2D eigenvalue weighted by atomic mass is 16.7. The van der Waals surface area contributed by atoms with Crippen LogP contribution in [0.2, 0.25) is 0 Å². The summed E-state index contributed by atoms with van der Waals surface area (Å²) < 4.78 is 25.7. The zero-order chi connectivity index (χ0) is 36.5. The minimum absolute atomic E-state index is 0.0157. The molecule has 10 heteroatoms.